The van der Waals surface area contributed by atoms with Crippen molar-refractivity contribution in [2.24, 2.45) is 0 Å². The lowest BCUT2D eigenvalue weighted by molar-refractivity contribution is -0.137. The average molecular weight is 403 g/mol. The van der Waals surface area contributed by atoms with E-state index in [9.17, 15) is 9.59 Å². The van der Waals surface area contributed by atoms with Crippen LogP contribution >= 0.6 is 11.3 Å². The number of aryl methyl sites for hydroxylation is 2. The number of aromatic nitrogens is 1. The van der Waals surface area contributed by atoms with E-state index < -0.39 is 6.04 Å². The lowest BCUT2D eigenvalue weighted by Crippen LogP contribution is -2.56. The van der Waals surface area contributed by atoms with E-state index in [-0.39, 0.29) is 11.8 Å². The summed E-state index contributed by atoms with van der Waals surface area (Å²) in [6.07, 6.45) is 0.847. The van der Waals surface area contributed by atoms with E-state index in [1.165, 1.54) is 4.88 Å². The van der Waals surface area contributed by atoms with Gasteiger partial charge in [-0.25, -0.2) is 0 Å². The molecular weight excluding hydrogens is 376 g/mol. The van der Waals surface area contributed by atoms with Gasteiger partial charge in [0.2, 0.25) is 5.91 Å². The van der Waals surface area contributed by atoms with Crippen molar-refractivity contribution >= 4 is 23.2 Å². The minimum absolute atomic E-state index is 0.00864. The summed E-state index contributed by atoms with van der Waals surface area (Å²) in [5.74, 6) is 0.874. The van der Waals surface area contributed by atoms with Crippen molar-refractivity contribution < 1.29 is 14.1 Å². The van der Waals surface area contributed by atoms with Gasteiger partial charge in [0, 0.05) is 55.6 Å². The van der Waals surface area contributed by atoms with Crippen LogP contribution in [0, 0.1) is 13.8 Å². The van der Waals surface area contributed by atoms with Crippen LogP contribution in [0.15, 0.2) is 9.90 Å². The van der Waals surface area contributed by atoms with E-state index in [2.05, 4.69) is 10.1 Å². The smallest absolute Gasteiger partial charge is 0.255 e. The number of piperazine rings is 1. The monoisotopic (exact) mass is 402 g/mol. The largest absolute Gasteiger partial charge is 0.361 e. The lowest BCUT2D eigenvalue weighted by atomic mass is 10.0. The molecule has 0 spiro atoms. The van der Waals surface area contributed by atoms with Crippen molar-refractivity contribution in [1.82, 2.24) is 19.9 Å². The molecule has 1 atom stereocenters. The second-order valence-corrected chi connectivity index (χ2v) is 8.71. The van der Waals surface area contributed by atoms with Crippen molar-refractivity contribution in [3.05, 3.63) is 38.4 Å². The molecule has 2 aromatic heterocycles. The molecule has 2 aromatic rings. The van der Waals surface area contributed by atoms with Crippen molar-refractivity contribution in [2.45, 2.75) is 46.3 Å². The predicted octanol–water partition coefficient (Wildman–Crippen LogP) is 2.21. The Kier molecular flexibility index (Phi) is 5.01. The van der Waals surface area contributed by atoms with Crippen molar-refractivity contribution in [2.75, 3.05) is 26.7 Å². The quantitative estimate of drug-likeness (QED) is 0.787. The second-order valence-electron chi connectivity index (χ2n) is 7.75. The van der Waals surface area contributed by atoms with Gasteiger partial charge >= 0.3 is 0 Å². The molecule has 0 unspecified atom stereocenters. The molecule has 8 heteroatoms. The normalized spacial score (nSPS) is 20.6. The van der Waals surface area contributed by atoms with Gasteiger partial charge in [-0.2, -0.15) is 0 Å². The first-order valence-corrected chi connectivity index (χ1v) is 10.5. The highest BCUT2D eigenvalue weighted by Crippen LogP contribution is 2.31. The highest BCUT2D eigenvalue weighted by molar-refractivity contribution is 7.10. The van der Waals surface area contributed by atoms with Gasteiger partial charge in [0.05, 0.1) is 11.3 Å². The zero-order valence-electron chi connectivity index (χ0n) is 16.8. The zero-order chi connectivity index (χ0) is 20.0. The number of hydrogen-bond acceptors (Lipinski definition) is 6. The molecule has 1 fully saturated rings. The number of fused-ring (bicyclic) bond motifs is 1. The molecule has 2 amide bonds. The van der Waals surface area contributed by atoms with Gasteiger partial charge in [-0.05, 0) is 32.8 Å². The van der Waals surface area contributed by atoms with Crippen LogP contribution < -0.4 is 0 Å². The van der Waals surface area contributed by atoms with Gasteiger partial charge in [0.1, 0.15) is 11.8 Å². The van der Waals surface area contributed by atoms with E-state index >= 15 is 0 Å². The van der Waals surface area contributed by atoms with E-state index in [1.54, 1.807) is 28.2 Å². The van der Waals surface area contributed by atoms with Crippen LogP contribution in [-0.2, 0) is 24.3 Å². The maximum atomic E-state index is 13.2. The number of amides is 2. The maximum Gasteiger partial charge on any atom is 0.255 e. The number of rotatable bonds is 3. The lowest BCUT2D eigenvalue weighted by Gasteiger charge is -2.37. The number of hydrogen-bond donors (Lipinski definition) is 0. The zero-order valence-corrected chi connectivity index (χ0v) is 17.6. The van der Waals surface area contributed by atoms with E-state index in [0.717, 1.165) is 54.2 Å². The molecule has 2 aliphatic heterocycles. The average Bonchev–Trinajstić information content (AvgIpc) is 3.24. The summed E-state index contributed by atoms with van der Waals surface area (Å²) < 4.78 is 5.28. The Balaban J connectivity index is 1.49. The topological polar surface area (TPSA) is 69.9 Å². The van der Waals surface area contributed by atoms with E-state index in [4.69, 9.17) is 4.52 Å². The summed E-state index contributed by atoms with van der Waals surface area (Å²) in [7, 11) is 1.79. The summed E-state index contributed by atoms with van der Waals surface area (Å²) in [4.78, 5) is 32.5. The molecule has 4 rings (SSSR count). The van der Waals surface area contributed by atoms with Crippen LogP contribution in [0.2, 0.25) is 0 Å². The number of thiophene rings is 1. The van der Waals surface area contributed by atoms with Gasteiger partial charge in [-0.1, -0.05) is 5.16 Å². The maximum absolute atomic E-state index is 13.2. The molecule has 1 saturated heterocycles. The fourth-order valence-corrected chi connectivity index (χ4v) is 5.21. The van der Waals surface area contributed by atoms with Crippen molar-refractivity contribution in [3.8, 4) is 0 Å². The highest BCUT2D eigenvalue weighted by Gasteiger charge is 2.35. The SMILES string of the molecule is Cc1noc(C)c1CN1CCc2c(C(=O)N3CCN(C)C(=O)[C@@H]3C)csc2C1. The Morgan fingerprint density at radius 3 is 2.82 bits per heavy atom. The molecule has 0 saturated carbocycles. The molecule has 0 aliphatic carbocycles. The Morgan fingerprint density at radius 1 is 1.32 bits per heavy atom. The molecule has 150 valence electrons. The molecule has 4 heterocycles. The first kappa shape index (κ1) is 19.1. The summed E-state index contributed by atoms with van der Waals surface area (Å²) in [5.41, 5.74) is 4.03. The highest BCUT2D eigenvalue weighted by atomic mass is 32.1. The molecule has 0 N–H and O–H groups in total. The van der Waals surface area contributed by atoms with Gasteiger partial charge in [-0.15, -0.1) is 11.3 Å². The summed E-state index contributed by atoms with van der Waals surface area (Å²) in [6, 6.07) is -0.401. The second kappa shape index (κ2) is 7.33. The third-order valence-corrected chi connectivity index (χ3v) is 6.97. The molecule has 0 radical (unpaired) electrons. The predicted molar refractivity (Wildman–Crippen MR) is 106 cm³/mol. The summed E-state index contributed by atoms with van der Waals surface area (Å²) >= 11 is 1.65. The fraction of sp³-hybridized carbons (Fsp3) is 0.550. The standard InChI is InChI=1S/C20H26N4O3S/c1-12-16(14(3)27-21-12)9-23-6-5-15-17(11-28-18(15)10-23)20(26)24-8-7-22(4)19(25)13(24)2/h11,13H,5-10H2,1-4H3/t13-/m0/s1. The first-order valence-electron chi connectivity index (χ1n) is 9.66. The van der Waals surface area contributed by atoms with Crippen molar-refractivity contribution in [1.29, 1.82) is 0 Å². The van der Waals surface area contributed by atoms with Gasteiger partial charge in [-0.3, -0.25) is 14.5 Å². The molecule has 0 aromatic carbocycles. The van der Waals surface area contributed by atoms with Gasteiger partial charge in [0.15, 0.2) is 0 Å². The van der Waals surface area contributed by atoms with E-state index in [0.29, 0.717) is 13.1 Å². The summed E-state index contributed by atoms with van der Waals surface area (Å²) in [6.45, 7) is 9.45. The minimum Gasteiger partial charge on any atom is -0.361 e. The Hall–Kier alpha value is -2.19. The number of nitrogens with zero attached hydrogens (tertiary/aromatic N) is 4. The Morgan fingerprint density at radius 2 is 2.11 bits per heavy atom. The van der Waals surface area contributed by atoms with Crippen LogP contribution in [-0.4, -0.2) is 64.4 Å². The summed E-state index contributed by atoms with van der Waals surface area (Å²) in [5, 5.41) is 6.02. The molecule has 7 nitrogen and oxygen atoms in total. The van der Waals surface area contributed by atoms with Crippen LogP contribution in [0.1, 0.15) is 44.7 Å². The van der Waals surface area contributed by atoms with E-state index in [1.807, 2.05) is 26.2 Å². The third kappa shape index (κ3) is 3.24. The minimum atomic E-state index is -0.401. The molecular formula is C20H26N4O3S. The third-order valence-electron chi connectivity index (χ3n) is 5.96. The number of likely N-dealkylation sites (N-methyl/N-ethyl adjacent to an activating group) is 1. The first-order chi connectivity index (χ1) is 13.4. The van der Waals surface area contributed by atoms with Crippen LogP contribution in [0.25, 0.3) is 0 Å². The van der Waals surface area contributed by atoms with Crippen LogP contribution in [0.4, 0.5) is 0 Å². The van der Waals surface area contributed by atoms with Gasteiger partial charge in [0.25, 0.3) is 5.91 Å². The van der Waals surface area contributed by atoms with Crippen LogP contribution in [0.5, 0.6) is 0 Å². The molecule has 0 bridgehead atoms. The number of carbonyl (C=O) groups excluding carboxylic acids is 2. The molecule has 28 heavy (non-hydrogen) atoms. The Labute approximate surface area is 168 Å². The van der Waals surface area contributed by atoms with Gasteiger partial charge < -0.3 is 14.3 Å². The fourth-order valence-electron chi connectivity index (χ4n) is 4.09. The van der Waals surface area contributed by atoms with Crippen LogP contribution in [0.3, 0.4) is 0 Å². The Bertz CT molecular complexity index is 899. The molecule has 2 aliphatic rings. The van der Waals surface area contributed by atoms with Crippen molar-refractivity contribution in [3.63, 3.8) is 0 Å². The number of carbonyl (C=O) groups is 2.